The van der Waals surface area contributed by atoms with Crippen molar-refractivity contribution in [1.82, 2.24) is 0 Å². The van der Waals surface area contributed by atoms with Crippen LogP contribution in [0.4, 0.5) is 0 Å². The van der Waals surface area contributed by atoms with Gasteiger partial charge in [-0.25, -0.2) is 0 Å². The Bertz CT molecular complexity index is 320. The molecule has 1 rings (SSSR count). The minimum atomic E-state index is 0.427. The molecule has 0 aliphatic heterocycles. The Balaban J connectivity index is 2.36. The maximum Gasteiger partial charge on any atom is 0.151 e. The fraction of sp³-hybridized carbons (Fsp3) is 0.250. The first-order valence-corrected chi connectivity index (χ1v) is 4.79. The highest BCUT2D eigenvalue weighted by Gasteiger charge is 1.95. The van der Waals surface area contributed by atoms with E-state index in [2.05, 4.69) is 11.7 Å². The number of oxime groups is 1. The SMILES string of the molecule is C=COCCO/N=C(\C)c1ccccc1. The van der Waals surface area contributed by atoms with E-state index in [0.29, 0.717) is 13.2 Å². The van der Waals surface area contributed by atoms with Gasteiger partial charge in [0, 0.05) is 0 Å². The number of rotatable bonds is 6. The molecule has 0 bridgehead atoms. The van der Waals surface area contributed by atoms with Gasteiger partial charge in [-0.15, -0.1) is 0 Å². The zero-order chi connectivity index (χ0) is 10.9. The standard InChI is InChI=1S/C12H15NO2/c1-3-14-9-10-15-13-11(2)12-7-5-4-6-8-12/h3-8H,1,9-10H2,2H3/b13-11+. The van der Waals surface area contributed by atoms with E-state index in [1.165, 1.54) is 6.26 Å². The highest BCUT2D eigenvalue weighted by atomic mass is 16.6. The minimum absolute atomic E-state index is 0.427. The summed E-state index contributed by atoms with van der Waals surface area (Å²) in [6.07, 6.45) is 1.39. The molecule has 0 spiro atoms. The number of hydrogen-bond acceptors (Lipinski definition) is 3. The first kappa shape index (κ1) is 11.3. The Morgan fingerprint density at radius 2 is 2.07 bits per heavy atom. The lowest BCUT2D eigenvalue weighted by atomic mass is 10.1. The summed E-state index contributed by atoms with van der Waals surface area (Å²) in [6, 6.07) is 9.88. The quantitative estimate of drug-likeness (QED) is 0.309. The van der Waals surface area contributed by atoms with Crippen LogP contribution in [0.1, 0.15) is 12.5 Å². The molecule has 0 fully saturated rings. The van der Waals surface area contributed by atoms with Crippen molar-refractivity contribution in [3.8, 4) is 0 Å². The summed E-state index contributed by atoms with van der Waals surface area (Å²) in [5.41, 5.74) is 1.91. The van der Waals surface area contributed by atoms with E-state index in [1.807, 2.05) is 37.3 Å². The molecule has 80 valence electrons. The predicted molar refractivity (Wildman–Crippen MR) is 60.8 cm³/mol. The van der Waals surface area contributed by atoms with Gasteiger partial charge in [-0.3, -0.25) is 0 Å². The normalized spacial score (nSPS) is 10.9. The molecule has 0 saturated carbocycles. The molecule has 0 aliphatic rings. The maximum absolute atomic E-state index is 5.07. The molecule has 0 radical (unpaired) electrons. The van der Waals surface area contributed by atoms with Gasteiger partial charge in [0.05, 0.1) is 12.0 Å². The molecule has 15 heavy (non-hydrogen) atoms. The largest absolute Gasteiger partial charge is 0.498 e. The Labute approximate surface area is 90.0 Å². The molecule has 1 aromatic carbocycles. The molecule has 3 nitrogen and oxygen atoms in total. The molecule has 0 N–H and O–H groups in total. The van der Waals surface area contributed by atoms with Gasteiger partial charge in [0.2, 0.25) is 0 Å². The Kier molecular flexibility index (Phi) is 5.01. The van der Waals surface area contributed by atoms with Crippen LogP contribution in [0.15, 0.2) is 48.3 Å². The topological polar surface area (TPSA) is 30.8 Å². The summed E-state index contributed by atoms with van der Waals surface area (Å²) in [6.45, 7) is 6.23. The Hall–Kier alpha value is -1.77. The number of nitrogens with zero attached hydrogens (tertiary/aromatic N) is 1. The smallest absolute Gasteiger partial charge is 0.151 e. The Morgan fingerprint density at radius 1 is 1.33 bits per heavy atom. The van der Waals surface area contributed by atoms with Crippen molar-refractivity contribution in [3.63, 3.8) is 0 Å². The van der Waals surface area contributed by atoms with E-state index in [0.717, 1.165) is 11.3 Å². The van der Waals surface area contributed by atoms with Crippen molar-refractivity contribution < 1.29 is 9.57 Å². The van der Waals surface area contributed by atoms with Gasteiger partial charge in [-0.2, -0.15) is 0 Å². The lowest BCUT2D eigenvalue weighted by molar-refractivity contribution is 0.0907. The fourth-order valence-electron chi connectivity index (χ4n) is 1.04. The minimum Gasteiger partial charge on any atom is -0.498 e. The molecule has 1 aromatic rings. The molecule has 3 heteroatoms. The number of hydrogen-bond donors (Lipinski definition) is 0. The second kappa shape index (κ2) is 6.65. The van der Waals surface area contributed by atoms with Crippen LogP contribution in [0.5, 0.6) is 0 Å². The summed E-state index contributed by atoms with van der Waals surface area (Å²) < 4.78 is 4.89. The third-order valence-corrected chi connectivity index (χ3v) is 1.80. The molecule has 0 heterocycles. The van der Waals surface area contributed by atoms with Crippen LogP contribution in [-0.4, -0.2) is 18.9 Å². The van der Waals surface area contributed by atoms with Gasteiger partial charge in [-0.05, 0) is 12.5 Å². The number of ether oxygens (including phenoxy) is 1. The van der Waals surface area contributed by atoms with Gasteiger partial charge in [0.15, 0.2) is 6.61 Å². The molecule has 0 saturated heterocycles. The third kappa shape index (κ3) is 4.31. The summed E-state index contributed by atoms with van der Waals surface area (Å²) in [4.78, 5) is 5.07. The zero-order valence-corrected chi connectivity index (χ0v) is 8.85. The van der Waals surface area contributed by atoms with Crippen LogP contribution in [-0.2, 0) is 9.57 Å². The summed E-state index contributed by atoms with van der Waals surface area (Å²) in [5, 5.41) is 3.97. The molecule has 0 amide bonds. The van der Waals surface area contributed by atoms with Crippen LogP contribution >= 0.6 is 0 Å². The molecular weight excluding hydrogens is 190 g/mol. The van der Waals surface area contributed by atoms with E-state index >= 15 is 0 Å². The second-order valence-corrected chi connectivity index (χ2v) is 2.91. The highest BCUT2D eigenvalue weighted by Crippen LogP contribution is 2.00. The van der Waals surface area contributed by atoms with Crippen LogP contribution in [0.2, 0.25) is 0 Å². The van der Waals surface area contributed by atoms with Gasteiger partial charge < -0.3 is 9.57 Å². The second-order valence-electron chi connectivity index (χ2n) is 2.91. The van der Waals surface area contributed by atoms with E-state index < -0.39 is 0 Å². The van der Waals surface area contributed by atoms with E-state index in [1.54, 1.807) is 0 Å². The molecule has 0 aliphatic carbocycles. The van der Waals surface area contributed by atoms with Crippen molar-refractivity contribution in [2.75, 3.05) is 13.2 Å². The maximum atomic E-state index is 5.07. The van der Waals surface area contributed by atoms with Crippen LogP contribution in [0, 0.1) is 0 Å². The first-order valence-electron chi connectivity index (χ1n) is 4.79. The van der Waals surface area contributed by atoms with E-state index in [4.69, 9.17) is 9.57 Å². The van der Waals surface area contributed by atoms with Crippen molar-refractivity contribution >= 4 is 5.71 Å². The van der Waals surface area contributed by atoms with Crippen LogP contribution in [0.3, 0.4) is 0 Å². The van der Waals surface area contributed by atoms with Crippen LogP contribution < -0.4 is 0 Å². The Morgan fingerprint density at radius 3 is 2.73 bits per heavy atom. The van der Waals surface area contributed by atoms with Crippen molar-refractivity contribution in [3.05, 3.63) is 48.7 Å². The fourth-order valence-corrected chi connectivity index (χ4v) is 1.04. The van der Waals surface area contributed by atoms with Crippen LogP contribution in [0.25, 0.3) is 0 Å². The monoisotopic (exact) mass is 205 g/mol. The average molecular weight is 205 g/mol. The molecule has 0 atom stereocenters. The van der Waals surface area contributed by atoms with Gasteiger partial charge >= 0.3 is 0 Å². The summed E-state index contributed by atoms with van der Waals surface area (Å²) >= 11 is 0. The third-order valence-electron chi connectivity index (χ3n) is 1.80. The van der Waals surface area contributed by atoms with Gasteiger partial charge in [-0.1, -0.05) is 42.1 Å². The van der Waals surface area contributed by atoms with Crippen molar-refractivity contribution in [2.24, 2.45) is 5.16 Å². The summed E-state index contributed by atoms with van der Waals surface area (Å²) in [7, 11) is 0. The highest BCUT2D eigenvalue weighted by molar-refractivity contribution is 5.98. The molecule has 0 aromatic heterocycles. The molecule has 0 unspecified atom stereocenters. The van der Waals surface area contributed by atoms with Gasteiger partial charge in [0.1, 0.15) is 6.61 Å². The first-order chi connectivity index (χ1) is 7.34. The van der Waals surface area contributed by atoms with E-state index in [9.17, 15) is 0 Å². The predicted octanol–water partition coefficient (Wildman–Crippen LogP) is 2.59. The lowest BCUT2D eigenvalue weighted by Crippen LogP contribution is -2.00. The van der Waals surface area contributed by atoms with Crippen molar-refractivity contribution in [2.45, 2.75) is 6.92 Å². The number of benzene rings is 1. The van der Waals surface area contributed by atoms with Crippen molar-refractivity contribution in [1.29, 1.82) is 0 Å². The average Bonchev–Trinajstić information content (AvgIpc) is 2.30. The van der Waals surface area contributed by atoms with E-state index in [-0.39, 0.29) is 0 Å². The van der Waals surface area contributed by atoms with Gasteiger partial charge in [0.25, 0.3) is 0 Å². The summed E-state index contributed by atoms with van der Waals surface area (Å²) in [5.74, 6) is 0. The lowest BCUT2D eigenvalue weighted by Gasteiger charge is -2.02. The molecular formula is C12H15NO2. The zero-order valence-electron chi connectivity index (χ0n) is 8.85.